The lowest BCUT2D eigenvalue weighted by molar-refractivity contribution is 0.316. The van der Waals surface area contributed by atoms with Crippen LogP contribution < -0.4 is 5.32 Å². The van der Waals surface area contributed by atoms with Crippen molar-refractivity contribution >= 4 is 5.71 Å². The number of rotatable bonds is 6. The minimum atomic E-state index is 0.584. The van der Waals surface area contributed by atoms with Crippen molar-refractivity contribution in [1.29, 1.82) is 0 Å². The van der Waals surface area contributed by atoms with Crippen molar-refractivity contribution in [3.63, 3.8) is 0 Å². The predicted molar refractivity (Wildman–Crippen MR) is 77.5 cm³/mol. The van der Waals surface area contributed by atoms with Gasteiger partial charge in [0, 0.05) is 19.5 Å². The third kappa shape index (κ3) is 4.56. The molecule has 2 N–H and O–H groups in total. The molecule has 0 aliphatic carbocycles. The molecular weight excluding hydrogens is 236 g/mol. The lowest BCUT2D eigenvalue weighted by Gasteiger charge is -2.07. The van der Waals surface area contributed by atoms with Crippen molar-refractivity contribution < 1.29 is 5.21 Å². The van der Waals surface area contributed by atoms with Gasteiger partial charge in [-0.15, -0.1) is 0 Å². The second-order valence-corrected chi connectivity index (χ2v) is 4.42. The number of nitrogens with zero attached hydrogens (tertiary/aromatic N) is 1. The predicted octanol–water partition coefficient (Wildman–Crippen LogP) is 2.85. The highest BCUT2D eigenvalue weighted by atomic mass is 16.4. The third-order valence-electron chi connectivity index (χ3n) is 2.89. The summed E-state index contributed by atoms with van der Waals surface area (Å²) in [6, 6.07) is 20.2. The monoisotopic (exact) mass is 254 g/mol. The number of hydrogen-bond acceptors (Lipinski definition) is 3. The lowest BCUT2D eigenvalue weighted by Crippen LogP contribution is -2.24. The van der Waals surface area contributed by atoms with Crippen LogP contribution in [0.4, 0.5) is 0 Å². The van der Waals surface area contributed by atoms with E-state index in [1.54, 1.807) is 0 Å². The lowest BCUT2D eigenvalue weighted by atomic mass is 10.1. The molecule has 0 aliphatic rings. The van der Waals surface area contributed by atoms with E-state index in [1.807, 2.05) is 48.5 Å². The van der Waals surface area contributed by atoms with Gasteiger partial charge in [-0.1, -0.05) is 65.8 Å². The third-order valence-corrected chi connectivity index (χ3v) is 2.89. The summed E-state index contributed by atoms with van der Waals surface area (Å²) in [4.78, 5) is 0. The van der Waals surface area contributed by atoms with Crippen molar-refractivity contribution in [2.45, 2.75) is 13.0 Å². The first-order valence-corrected chi connectivity index (χ1v) is 6.37. The molecule has 2 rings (SSSR count). The Bertz CT molecular complexity index is 509. The Morgan fingerprint density at radius 1 is 0.895 bits per heavy atom. The average Bonchev–Trinajstić information content (AvgIpc) is 2.48. The summed E-state index contributed by atoms with van der Waals surface area (Å²) in [7, 11) is 0. The minimum Gasteiger partial charge on any atom is -0.411 e. The van der Waals surface area contributed by atoms with Crippen LogP contribution in [0.25, 0.3) is 0 Å². The topological polar surface area (TPSA) is 44.6 Å². The smallest absolute Gasteiger partial charge is 0.0752 e. The molecule has 2 aromatic carbocycles. The van der Waals surface area contributed by atoms with Crippen LogP contribution in [0.5, 0.6) is 0 Å². The molecule has 3 heteroatoms. The maximum Gasteiger partial charge on any atom is 0.0752 e. The molecule has 2 aromatic rings. The normalized spacial score (nSPS) is 11.5. The molecule has 3 nitrogen and oxygen atoms in total. The summed E-state index contributed by atoms with van der Waals surface area (Å²) < 4.78 is 0. The zero-order valence-corrected chi connectivity index (χ0v) is 10.8. The van der Waals surface area contributed by atoms with E-state index in [0.717, 1.165) is 17.8 Å². The summed E-state index contributed by atoms with van der Waals surface area (Å²) in [5.41, 5.74) is 3.11. The van der Waals surface area contributed by atoms with Gasteiger partial charge in [-0.2, -0.15) is 0 Å². The van der Waals surface area contributed by atoms with Gasteiger partial charge in [0.05, 0.1) is 5.71 Å². The molecule has 0 radical (unpaired) electrons. The number of benzene rings is 2. The summed E-state index contributed by atoms with van der Waals surface area (Å²) in [6.45, 7) is 1.36. The summed E-state index contributed by atoms with van der Waals surface area (Å²) in [6.07, 6.45) is 0.666. The van der Waals surface area contributed by atoms with Gasteiger partial charge in [0.1, 0.15) is 0 Å². The van der Waals surface area contributed by atoms with Crippen LogP contribution in [0.15, 0.2) is 65.8 Å². The van der Waals surface area contributed by atoms with Gasteiger partial charge in [0.15, 0.2) is 0 Å². The largest absolute Gasteiger partial charge is 0.411 e. The summed E-state index contributed by atoms with van der Waals surface area (Å²) in [5.74, 6) is 0. The zero-order valence-electron chi connectivity index (χ0n) is 10.8. The van der Waals surface area contributed by atoms with E-state index in [-0.39, 0.29) is 0 Å². The first-order chi connectivity index (χ1) is 9.38. The zero-order chi connectivity index (χ0) is 13.3. The Morgan fingerprint density at radius 2 is 1.47 bits per heavy atom. The van der Waals surface area contributed by atoms with Crippen molar-refractivity contribution in [1.82, 2.24) is 5.32 Å². The van der Waals surface area contributed by atoms with Crippen LogP contribution in [-0.2, 0) is 13.0 Å². The van der Waals surface area contributed by atoms with Crippen molar-refractivity contribution in [3.05, 3.63) is 71.8 Å². The molecule has 0 heterocycles. The van der Waals surface area contributed by atoms with Crippen LogP contribution in [0, 0.1) is 0 Å². The van der Waals surface area contributed by atoms with E-state index in [2.05, 4.69) is 22.6 Å². The van der Waals surface area contributed by atoms with Gasteiger partial charge >= 0.3 is 0 Å². The fourth-order valence-corrected chi connectivity index (χ4v) is 1.91. The van der Waals surface area contributed by atoms with Gasteiger partial charge in [0.25, 0.3) is 0 Å². The van der Waals surface area contributed by atoms with E-state index in [9.17, 15) is 0 Å². The molecule has 0 spiro atoms. The molecule has 19 heavy (non-hydrogen) atoms. The SMILES string of the molecule is O/N=C(/CNCc1ccccc1)Cc1ccccc1. The van der Waals surface area contributed by atoms with E-state index in [4.69, 9.17) is 5.21 Å². The van der Waals surface area contributed by atoms with Crippen LogP contribution in [0.2, 0.25) is 0 Å². The molecule has 0 aromatic heterocycles. The molecule has 98 valence electrons. The van der Waals surface area contributed by atoms with Gasteiger partial charge in [-0.25, -0.2) is 0 Å². The minimum absolute atomic E-state index is 0.584. The number of nitrogens with one attached hydrogen (secondary N) is 1. The molecule has 0 unspecified atom stereocenters. The second kappa shape index (κ2) is 7.34. The van der Waals surface area contributed by atoms with E-state index >= 15 is 0 Å². The Labute approximate surface area is 113 Å². The fraction of sp³-hybridized carbons (Fsp3) is 0.188. The second-order valence-electron chi connectivity index (χ2n) is 4.42. The van der Waals surface area contributed by atoms with Gasteiger partial charge in [-0.05, 0) is 11.1 Å². The molecule has 0 amide bonds. The molecule has 0 saturated heterocycles. The quantitative estimate of drug-likeness (QED) is 0.473. The van der Waals surface area contributed by atoms with Crippen molar-refractivity contribution in [2.24, 2.45) is 5.16 Å². The van der Waals surface area contributed by atoms with Gasteiger partial charge in [0.2, 0.25) is 0 Å². The fourth-order valence-electron chi connectivity index (χ4n) is 1.91. The molecule has 0 saturated carbocycles. The van der Waals surface area contributed by atoms with Gasteiger partial charge in [-0.3, -0.25) is 0 Å². The van der Waals surface area contributed by atoms with Gasteiger partial charge < -0.3 is 10.5 Å². The Morgan fingerprint density at radius 3 is 2.05 bits per heavy atom. The number of oxime groups is 1. The maximum absolute atomic E-state index is 9.03. The first-order valence-electron chi connectivity index (χ1n) is 6.37. The van der Waals surface area contributed by atoms with E-state index in [0.29, 0.717) is 13.0 Å². The maximum atomic E-state index is 9.03. The summed E-state index contributed by atoms with van der Waals surface area (Å²) >= 11 is 0. The van der Waals surface area contributed by atoms with E-state index < -0.39 is 0 Å². The standard InChI is InChI=1S/C16H18N2O/c19-18-16(11-14-7-3-1-4-8-14)13-17-12-15-9-5-2-6-10-15/h1-10,17,19H,11-13H2/b18-16+. The van der Waals surface area contributed by atoms with Crippen LogP contribution in [-0.4, -0.2) is 17.5 Å². The highest BCUT2D eigenvalue weighted by Crippen LogP contribution is 2.01. The first kappa shape index (κ1) is 13.3. The molecule has 0 aliphatic heterocycles. The highest BCUT2D eigenvalue weighted by Gasteiger charge is 2.02. The van der Waals surface area contributed by atoms with Crippen LogP contribution in [0.3, 0.4) is 0 Å². The molecule has 0 fully saturated rings. The number of hydrogen-bond donors (Lipinski definition) is 2. The van der Waals surface area contributed by atoms with E-state index in [1.165, 1.54) is 5.56 Å². The Hall–Kier alpha value is -2.13. The molecular formula is C16H18N2O. The van der Waals surface area contributed by atoms with Crippen LogP contribution in [0.1, 0.15) is 11.1 Å². The highest BCUT2D eigenvalue weighted by molar-refractivity contribution is 5.87. The Balaban J connectivity index is 1.81. The molecule has 0 bridgehead atoms. The molecule has 0 atom stereocenters. The summed E-state index contributed by atoms with van der Waals surface area (Å²) in [5, 5.41) is 15.7. The van der Waals surface area contributed by atoms with Crippen LogP contribution >= 0.6 is 0 Å². The van der Waals surface area contributed by atoms with Crippen molar-refractivity contribution in [3.8, 4) is 0 Å². The Kier molecular flexibility index (Phi) is 5.14. The average molecular weight is 254 g/mol. The van der Waals surface area contributed by atoms with Crippen molar-refractivity contribution in [2.75, 3.05) is 6.54 Å².